The molecule has 0 saturated heterocycles. The molecule has 3 rings (SSSR count). The Bertz CT molecular complexity index is 558. The molecular formula is C27H39Y2. The molecule has 153 valence electrons. The molecule has 3 aliphatic rings. The van der Waals surface area contributed by atoms with E-state index in [4.69, 9.17) is 0 Å². The van der Waals surface area contributed by atoms with Gasteiger partial charge in [0.15, 0.2) is 0 Å². The monoisotopic (exact) mass is 541 g/mol. The number of unbranched alkanes of at least 4 members (excludes halogenated alkanes) is 3. The molecule has 0 heterocycles. The average molecular weight is 541 g/mol. The van der Waals surface area contributed by atoms with Crippen LogP contribution in [-0.2, 0) is 60.2 Å². The molecule has 0 saturated carbocycles. The topological polar surface area (TPSA) is 0 Å². The third kappa shape index (κ3) is 5.53. The zero-order valence-corrected chi connectivity index (χ0v) is 24.6. The second-order valence-corrected chi connectivity index (χ2v) is 19.3. The van der Waals surface area contributed by atoms with Crippen molar-refractivity contribution in [1.82, 2.24) is 0 Å². The third-order valence-electron chi connectivity index (χ3n) is 7.27. The van der Waals surface area contributed by atoms with Crippen LogP contribution in [-0.4, -0.2) is 0 Å². The Kier molecular flexibility index (Phi) is 10.8. The van der Waals surface area contributed by atoms with Gasteiger partial charge in [-0.25, -0.2) is 0 Å². The zero-order valence-electron chi connectivity index (χ0n) is 18.9. The van der Waals surface area contributed by atoms with E-state index in [1.807, 2.05) is 0 Å². The van der Waals surface area contributed by atoms with Gasteiger partial charge in [-0.2, -0.15) is 0 Å². The van der Waals surface area contributed by atoms with E-state index in [1.54, 1.807) is 0 Å². The van der Waals surface area contributed by atoms with Crippen molar-refractivity contribution in [2.45, 2.75) is 85.2 Å². The molecule has 0 nitrogen and oxygen atoms in total. The molecule has 0 aromatic rings. The fourth-order valence-electron chi connectivity index (χ4n) is 6.04. The molecule has 0 aromatic heterocycles. The minimum atomic E-state index is -2.41. The van der Waals surface area contributed by atoms with Crippen LogP contribution in [0.15, 0.2) is 72.9 Å². The molecule has 0 unspecified atom stereocenters. The van der Waals surface area contributed by atoms with Crippen LogP contribution in [0.3, 0.4) is 0 Å². The molecule has 3 aliphatic carbocycles. The number of hydrogen-bond donors (Lipinski definition) is 0. The van der Waals surface area contributed by atoms with Gasteiger partial charge in [-0.05, 0) is 0 Å². The standard InChI is InChI=1S/3C9H13.2Y/c3*1-2-3-6-9-7-4-5-8-9;;/h3*4-5,7-8H,2-3,6H2,1H3;;. The first-order valence-corrected chi connectivity index (χ1v) is 16.0. The normalized spacial score (nSPS) is 21.2. The van der Waals surface area contributed by atoms with Crippen LogP contribution in [0.4, 0.5) is 0 Å². The van der Waals surface area contributed by atoms with Gasteiger partial charge in [-0.15, -0.1) is 0 Å². The summed E-state index contributed by atoms with van der Waals surface area (Å²) in [6.45, 7) is 7.06. The van der Waals surface area contributed by atoms with Crippen molar-refractivity contribution < 1.29 is 60.2 Å². The maximum Gasteiger partial charge on any atom is 0 e. The first-order valence-electron chi connectivity index (χ1n) is 11.8. The Morgan fingerprint density at radius 3 is 0.931 bits per heavy atom. The van der Waals surface area contributed by atoms with E-state index in [2.05, 4.69) is 93.7 Å². The predicted molar refractivity (Wildman–Crippen MR) is 121 cm³/mol. The maximum absolute atomic E-state index is 2.64. The summed E-state index contributed by atoms with van der Waals surface area (Å²) >= 11 is -2.41. The molecule has 0 spiro atoms. The first kappa shape index (κ1) is 25.9. The van der Waals surface area contributed by atoms with E-state index in [9.17, 15) is 0 Å². The Morgan fingerprint density at radius 1 is 0.483 bits per heavy atom. The molecule has 0 amide bonds. The summed E-state index contributed by atoms with van der Waals surface area (Å²) in [7, 11) is 0. The van der Waals surface area contributed by atoms with Gasteiger partial charge in [-0.3, -0.25) is 0 Å². The Hall–Kier alpha value is 0.648. The largest absolute Gasteiger partial charge is 0 e. The summed E-state index contributed by atoms with van der Waals surface area (Å²) in [5.74, 6) is 0. The van der Waals surface area contributed by atoms with Crippen LogP contribution >= 0.6 is 0 Å². The minimum absolute atomic E-state index is 0. The molecule has 0 bridgehead atoms. The minimum Gasteiger partial charge on any atom is 0 e. The van der Waals surface area contributed by atoms with E-state index in [0.29, 0.717) is 6.68 Å². The van der Waals surface area contributed by atoms with Gasteiger partial charge in [0.05, 0.1) is 0 Å². The molecule has 2 heteroatoms. The van der Waals surface area contributed by atoms with Crippen molar-refractivity contribution in [1.29, 1.82) is 0 Å². The Morgan fingerprint density at radius 2 is 0.724 bits per heavy atom. The van der Waals surface area contributed by atoms with Gasteiger partial charge in [0, 0.05) is 32.7 Å². The summed E-state index contributed by atoms with van der Waals surface area (Å²) in [4.78, 5) is 0. The quantitative estimate of drug-likeness (QED) is 0.231. The van der Waals surface area contributed by atoms with E-state index >= 15 is 0 Å². The SMILES string of the molecule is CCCC[C]1([Y]([C]2(CCCC)C=CC=C2)[C]2(CCCC)C=CC=C2)C=CC=C1.[Y]. The number of rotatable bonds is 12. The van der Waals surface area contributed by atoms with E-state index in [1.165, 1.54) is 57.8 Å². The fraction of sp³-hybridized carbons (Fsp3) is 0.556. The second kappa shape index (κ2) is 12.0. The molecular weight excluding hydrogens is 502 g/mol. The van der Waals surface area contributed by atoms with Crippen LogP contribution < -0.4 is 0 Å². The van der Waals surface area contributed by atoms with Crippen LogP contribution in [0.25, 0.3) is 0 Å². The molecule has 1 radical (unpaired) electrons. The van der Waals surface area contributed by atoms with Crippen LogP contribution in [0.2, 0.25) is 6.68 Å². The van der Waals surface area contributed by atoms with Gasteiger partial charge in [0.25, 0.3) is 0 Å². The third-order valence-corrected chi connectivity index (χ3v) is 20.2. The summed E-state index contributed by atoms with van der Waals surface area (Å²) in [5, 5.41) is 0. The molecule has 0 atom stereocenters. The fourth-order valence-corrected chi connectivity index (χ4v) is 21.5. The molecule has 0 aliphatic heterocycles. The number of allylic oxidation sites excluding steroid dienone is 12. The maximum atomic E-state index is 2.64. The van der Waals surface area contributed by atoms with E-state index in [0.717, 1.165) is 0 Å². The van der Waals surface area contributed by atoms with Crippen molar-refractivity contribution in [3.8, 4) is 0 Å². The van der Waals surface area contributed by atoms with Crippen molar-refractivity contribution in [3.05, 3.63) is 72.9 Å². The summed E-state index contributed by atoms with van der Waals surface area (Å²) in [5.41, 5.74) is 0. The second-order valence-electron chi connectivity index (χ2n) is 9.24. The molecule has 0 N–H and O–H groups in total. The van der Waals surface area contributed by atoms with Crippen LogP contribution in [0, 0.1) is 0 Å². The van der Waals surface area contributed by atoms with Crippen LogP contribution in [0.5, 0.6) is 0 Å². The predicted octanol–water partition coefficient (Wildman–Crippen LogP) is 9.03. The van der Waals surface area contributed by atoms with Crippen molar-refractivity contribution in [3.63, 3.8) is 0 Å². The molecule has 0 aromatic carbocycles. The van der Waals surface area contributed by atoms with Crippen molar-refractivity contribution in [2.24, 2.45) is 0 Å². The first-order chi connectivity index (χ1) is 13.7. The molecule has 29 heavy (non-hydrogen) atoms. The molecule has 0 fully saturated rings. The van der Waals surface area contributed by atoms with Crippen LogP contribution in [0.1, 0.15) is 78.6 Å². The van der Waals surface area contributed by atoms with E-state index < -0.39 is 27.4 Å². The number of hydrogen-bond acceptors (Lipinski definition) is 0. The Balaban J connectivity index is 0.00000300. The van der Waals surface area contributed by atoms with Crippen molar-refractivity contribution in [2.75, 3.05) is 0 Å². The van der Waals surface area contributed by atoms with Gasteiger partial charge in [-0.1, -0.05) is 0 Å². The smallest absolute Gasteiger partial charge is 0 e. The average Bonchev–Trinajstić information content (AvgIpc) is 3.47. The zero-order chi connectivity index (χ0) is 19.9. The van der Waals surface area contributed by atoms with Gasteiger partial charge in [0.2, 0.25) is 0 Å². The van der Waals surface area contributed by atoms with E-state index in [-0.39, 0.29) is 32.7 Å². The van der Waals surface area contributed by atoms with Gasteiger partial charge < -0.3 is 0 Å². The summed E-state index contributed by atoms with van der Waals surface area (Å²) < 4.78 is 1.08. The van der Waals surface area contributed by atoms with Gasteiger partial charge >= 0.3 is 186 Å². The van der Waals surface area contributed by atoms with Gasteiger partial charge in [0.1, 0.15) is 0 Å². The van der Waals surface area contributed by atoms with Crippen molar-refractivity contribution >= 4 is 0 Å². The summed E-state index contributed by atoms with van der Waals surface area (Å²) in [6, 6.07) is 0. The summed E-state index contributed by atoms with van der Waals surface area (Å²) in [6.07, 6.45) is 42.0. The Labute approximate surface area is 216 Å².